The molecule has 3 unspecified atom stereocenters. The summed E-state index contributed by atoms with van der Waals surface area (Å²) in [5.74, 6) is -1.09. The first-order valence-electron chi connectivity index (χ1n) is 10.9. The summed E-state index contributed by atoms with van der Waals surface area (Å²) in [5, 5.41) is 2.82. The lowest BCUT2D eigenvalue weighted by Gasteiger charge is -2.32. The Hall–Kier alpha value is -2.71. The van der Waals surface area contributed by atoms with E-state index < -0.39 is 28.0 Å². The van der Waals surface area contributed by atoms with Crippen molar-refractivity contribution in [2.24, 2.45) is 0 Å². The van der Waals surface area contributed by atoms with Gasteiger partial charge in [0.15, 0.2) is 6.10 Å². The Labute approximate surface area is 189 Å². The molecule has 2 aromatic rings. The van der Waals surface area contributed by atoms with E-state index >= 15 is 0 Å². The topological polar surface area (TPSA) is 92.8 Å². The normalized spacial score (nSPS) is 19.0. The number of nitrogens with zero attached hydrogens (tertiary/aromatic N) is 1. The van der Waals surface area contributed by atoms with Crippen molar-refractivity contribution < 1.29 is 22.7 Å². The van der Waals surface area contributed by atoms with Crippen molar-refractivity contribution in [2.75, 3.05) is 6.54 Å². The number of hydrogen-bond donors (Lipinski definition) is 1. The van der Waals surface area contributed by atoms with Gasteiger partial charge in [-0.3, -0.25) is 4.79 Å². The highest BCUT2D eigenvalue weighted by atomic mass is 32.2. The molecule has 0 spiro atoms. The summed E-state index contributed by atoms with van der Waals surface area (Å²) in [6.07, 6.45) is 1.71. The average molecular weight is 459 g/mol. The summed E-state index contributed by atoms with van der Waals surface area (Å²) >= 11 is 0. The molecule has 1 heterocycles. The molecule has 1 aliphatic heterocycles. The summed E-state index contributed by atoms with van der Waals surface area (Å²) in [4.78, 5) is 25.0. The molecule has 1 saturated heterocycles. The number of amides is 1. The zero-order valence-corrected chi connectivity index (χ0v) is 19.5. The van der Waals surface area contributed by atoms with Gasteiger partial charge in [0, 0.05) is 12.6 Å². The van der Waals surface area contributed by atoms with Crippen molar-refractivity contribution in [1.82, 2.24) is 9.62 Å². The van der Waals surface area contributed by atoms with E-state index in [9.17, 15) is 18.0 Å². The summed E-state index contributed by atoms with van der Waals surface area (Å²) < 4.78 is 32.6. The van der Waals surface area contributed by atoms with Crippen molar-refractivity contribution in [3.05, 3.63) is 65.7 Å². The van der Waals surface area contributed by atoms with Crippen LogP contribution in [-0.2, 0) is 19.6 Å². The van der Waals surface area contributed by atoms with E-state index in [4.69, 9.17) is 4.74 Å². The first-order valence-corrected chi connectivity index (χ1v) is 12.3. The summed E-state index contributed by atoms with van der Waals surface area (Å²) in [6, 6.07) is 14.9. The molecule has 0 aliphatic carbocycles. The highest BCUT2D eigenvalue weighted by Crippen LogP contribution is 2.25. The first kappa shape index (κ1) is 23.9. The van der Waals surface area contributed by atoms with Crippen LogP contribution in [0.4, 0.5) is 0 Å². The van der Waals surface area contributed by atoms with Crippen molar-refractivity contribution in [3.63, 3.8) is 0 Å². The number of hydrogen-bond acceptors (Lipinski definition) is 5. The third kappa shape index (κ3) is 5.55. The van der Waals surface area contributed by atoms with Crippen molar-refractivity contribution in [1.29, 1.82) is 0 Å². The number of carbonyl (C=O) groups is 2. The molecule has 1 amide bonds. The van der Waals surface area contributed by atoms with Gasteiger partial charge in [0.1, 0.15) is 0 Å². The highest BCUT2D eigenvalue weighted by Gasteiger charge is 2.31. The lowest BCUT2D eigenvalue weighted by Crippen LogP contribution is -2.41. The van der Waals surface area contributed by atoms with Crippen LogP contribution in [0.3, 0.4) is 0 Å². The second-order valence-electron chi connectivity index (χ2n) is 8.17. The molecule has 3 atom stereocenters. The number of esters is 1. The van der Waals surface area contributed by atoms with Crippen molar-refractivity contribution in [2.45, 2.75) is 63.1 Å². The van der Waals surface area contributed by atoms with Crippen LogP contribution in [-0.4, -0.2) is 43.3 Å². The van der Waals surface area contributed by atoms with Gasteiger partial charge in [0.05, 0.1) is 16.5 Å². The Morgan fingerprint density at radius 2 is 1.69 bits per heavy atom. The van der Waals surface area contributed by atoms with Gasteiger partial charge in [-0.15, -0.1) is 0 Å². The summed E-state index contributed by atoms with van der Waals surface area (Å²) in [7, 11) is -3.61. The molecule has 3 rings (SSSR count). The highest BCUT2D eigenvalue weighted by molar-refractivity contribution is 7.89. The monoisotopic (exact) mass is 458 g/mol. The summed E-state index contributed by atoms with van der Waals surface area (Å²) in [5.41, 5.74) is 1.13. The van der Waals surface area contributed by atoms with Crippen LogP contribution in [0.5, 0.6) is 0 Å². The van der Waals surface area contributed by atoms with Crippen molar-refractivity contribution >= 4 is 21.9 Å². The van der Waals surface area contributed by atoms with Crippen LogP contribution in [0.25, 0.3) is 0 Å². The smallest absolute Gasteiger partial charge is 0.338 e. The minimum atomic E-state index is -3.61. The van der Waals surface area contributed by atoms with Crippen LogP contribution in [0.1, 0.15) is 62.0 Å². The molecule has 32 heavy (non-hydrogen) atoms. The van der Waals surface area contributed by atoms with Crippen molar-refractivity contribution in [3.8, 4) is 0 Å². The molecule has 172 valence electrons. The van der Waals surface area contributed by atoms with Gasteiger partial charge in [0.2, 0.25) is 10.0 Å². The lowest BCUT2D eigenvalue weighted by molar-refractivity contribution is -0.129. The Morgan fingerprint density at radius 3 is 2.31 bits per heavy atom. The number of rotatable bonds is 7. The maximum absolute atomic E-state index is 12.9. The van der Waals surface area contributed by atoms with Crippen LogP contribution >= 0.6 is 0 Å². The Morgan fingerprint density at radius 1 is 1.03 bits per heavy atom. The van der Waals surface area contributed by atoms with Gasteiger partial charge >= 0.3 is 5.97 Å². The van der Waals surface area contributed by atoms with Gasteiger partial charge in [-0.2, -0.15) is 4.31 Å². The Balaban J connectivity index is 1.61. The minimum absolute atomic E-state index is 0.0453. The standard InChI is InChI=1S/C24H30N2O5S/c1-17-9-7-8-16-26(17)32(29,30)22-14-12-21(13-15-22)24(28)31-19(3)23(27)25-18(2)20-10-5-4-6-11-20/h4-6,10-15,17-19H,7-9,16H2,1-3H3,(H,25,27). The van der Waals surface area contributed by atoms with E-state index in [1.165, 1.54) is 35.5 Å². The quantitative estimate of drug-likeness (QED) is 0.639. The number of sulfonamides is 1. The molecule has 1 N–H and O–H groups in total. The molecule has 0 aromatic heterocycles. The van der Waals surface area contributed by atoms with Crippen LogP contribution < -0.4 is 5.32 Å². The zero-order chi connectivity index (χ0) is 23.3. The Bertz CT molecular complexity index is 1040. The molecule has 2 aromatic carbocycles. The predicted molar refractivity (Wildman–Crippen MR) is 122 cm³/mol. The van der Waals surface area contributed by atoms with Gasteiger partial charge in [-0.25, -0.2) is 13.2 Å². The molecule has 1 aliphatic rings. The fourth-order valence-corrected chi connectivity index (χ4v) is 5.46. The van der Waals surface area contributed by atoms with Gasteiger partial charge < -0.3 is 10.1 Å². The first-order chi connectivity index (χ1) is 15.2. The predicted octanol–water partition coefficient (Wildman–Crippen LogP) is 3.67. The van der Waals surface area contributed by atoms with Gasteiger partial charge in [0.25, 0.3) is 5.91 Å². The zero-order valence-electron chi connectivity index (χ0n) is 18.7. The largest absolute Gasteiger partial charge is 0.449 e. The third-order valence-electron chi connectivity index (χ3n) is 5.75. The SMILES string of the molecule is CC(OC(=O)c1ccc(S(=O)(=O)N2CCCCC2C)cc1)C(=O)NC(C)c1ccccc1. The molecule has 0 radical (unpaired) electrons. The molecule has 1 fully saturated rings. The molecular weight excluding hydrogens is 428 g/mol. The van der Waals surface area contributed by atoms with Gasteiger partial charge in [-0.1, -0.05) is 36.8 Å². The number of piperidine rings is 1. The molecular formula is C24H30N2O5S. The average Bonchev–Trinajstić information content (AvgIpc) is 2.79. The molecule has 0 saturated carbocycles. The second-order valence-corrected chi connectivity index (χ2v) is 10.1. The third-order valence-corrected chi connectivity index (χ3v) is 7.78. The van der Waals surface area contributed by atoms with Crippen LogP contribution in [0, 0.1) is 0 Å². The number of ether oxygens (including phenoxy) is 1. The Kier molecular flexibility index (Phi) is 7.69. The molecule has 8 heteroatoms. The lowest BCUT2D eigenvalue weighted by atomic mass is 10.1. The van der Waals surface area contributed by atoms with E-state index in [0.29, 0.717) is 6.54 Å². The fraction of sp³-hybridized carbons (Fsp3) is 0.417. The van der Waals surface area contributed by atoms with E-state index in [2.05, 4.69) is 5.32 Å². The second kappa shape index (κ2) is 10.3. The minimum Gasteiger partial charge on any atom is -0.449 e. The molecule has 0 bridgehead atoms. The van der Waals surface area contributed by atoms with E-state index in [0.717, 1.165) is 24.8 Å². The molecule has 7 nitrogen and oxygen atoms in total. The maximum atomic E-state index is 12.9. The number of benzene rings is 2. The fourth-order valence-electron chi connectivity index (χ4n) is 3.77. The van der Waals surface area contributed by atoms with E-state index in [-0.39, 0.29) is 22.5 Å². The number of carbonyl (C=O) groups excluding carboxylic acids is 2. The number of nitrogens with one attached hydrogen (secondary N) is 1. The van der Waals surface area contributed by atoms with Gasteiger partial charge in [-0.05, 0) is 63.4 Å². The van der Waals surface area contributed by atoms with Crippen LogP contribution in [0.2, 0.25) is 0 Å². The van der Waals surface area contributed by atoms with E-state index in [1.54, 1.807) is 0 Å². The van der Waals surface area contributed by atoms with Crippen LogP contribution in [0.15, 0.2) is 59.5 Å². The maximum Gasteiger partial charge on any atom is 0.338 e. The van der Waals surface area contributed by atoms with E-state index in [1.807, 2.05) is 44.2 Å². The summed E-state index contributed by atoms with van der Waals surface area (Å²) in [6.45, 7) is 5.76.